The largest absolute Gasteiger partial charge is 0.395 e. The summed E-state index contributed by atoms with van der Waals surface area (Å²) in [5, 5.41) is 8.81. The summed E-state index contributed by atoms with van der Waals surface area (Å²) in [5.74, 6) is 5.84. The molecule has 0 saturated carbocycles. The number of benzene rings is 1. The Morgan fingerprint density at radius 3 is 2.94 bits per heavy atom. The number of nitrogens with two attached hydrogens (primary N) is 1. The highest BCUT2D eigenvalue weighted by atomic mass is 16.3. The molecule has 0 aliphatic carbocycles. The van der Waals surface area contributed by atoms with Crippen LogP contribution in [0.4, 0.5) is 0 Å². The monoisotopic (exact) mass is 218 g/mol. The predicted molar refractivity (Wildman–Crippen MR) is 65.8 cm³/mol. The van der Waals surface area contributed by atoms with Crippen LogP contribution >= 0.6 is 0 Å². The van der Waals surface area contributed by atoms with E-state index in [-0.39, 0.29) is 6.61 Å². The lowest BCUT2D eigenvalue weighted by atomic mass is 10.1. The van der Waals surface area contributed by atoms with Crippen molar-refractivity contribution in [1.82, 2.24) is 4.90 Å². The zero-order valence-electron chi connectivity index (χ0n) is 9.61. The quantitative estimate of drug-likeness (QED) is 0.720. The summed E-state index contributed by atoms with van der Waals surface area (Å²) in [4.78, 5) is 2.06. The summed E-state index contributed by atoms with van der Waals surface area (Å²) < 4.78 is 0. The molecular weight excluding hydrogens is 200 g/mol. The van der Waals surface area contributed by atoms with E-state index in [9.17, 15) is 0 Å². The number of aliphatic hydroxyl groups is 1. The van der Waals surface area contributed by atoms with Gasteiger partial charge in [-0.1, -0.05) is 24.0 Å². The van der Waals surface area contributed by atoms with Gasteiger partial charge in [-0.05, 0) is 24.7 Å². The molecule has 3 N–H and O–H groups in total. The lowest BCUT2D eigenvalue weighted by Gasteiger charge is -2.14. The Morgan fingerprint density at radius 2 is 2.25 bits per heavy atom. The van der Waals surface area contributed by atoms with E-state index in [4.69, 9.17) is 10.8 Å². The third-order valence-electron chi connectivity index (χ3n) is 2.20. The Balaban J connectivity index is 2.67. The van der Waals surface area contributed by atoms with Gasteiger partial charge in [0.1, 0.15) is 0 Å². The highest BCUT2D eigenvalue weighted by molar-refractivity contribution is 5.37. The van der Waals surface area contributed by atoms with Crippen molar-refractivity contribution >= 4 is 0 Å². The fourth-order valence-corrected chi connectivity index (χ4v) is 1.46. The minimum Gasteiger partial charge on any atom is -0.395 e. The highest BCUT2D eigenvalue weighted by Gasteiger charge is 1.99. The first-order valence-electron chi connectivity index (χ1n) is 5.33. The topological polar surface area (TPSA) is 49.5 Å². The molecule has 0 atom stereocenters. The van der Waals surface area contributed by atoms with Crippen LogP contribution in [0.25, 0.3) is 0 Å². The number of nitrogens with zero attached hydrogens (tertiary/aromatic N) is 1. The molecule has 0 aromatic heterocycles. The Morgan fingerprint density at radius 1 is 1.44 bits per heavy atom. The Labute approximate surface area is 96.9 Å². The minimum absolute atomic E-state index is 0.184. The van der Waals surface area contributed by atoms with Gasteiger partial charge < -0.3 is 10.8 Å². The normalized spacial score (nSPS) is 10.0. The van der Waals surface area contributed by atoms with E-state index in [1.807, 2.05) is 19.2 Å². The van der Waals surface area contributed by atoms with E-state index in [0.717, 1.165) is 12.1 Å². The van der Waals surface area contributed by atoms with Crippen LogP contribution < -0.4 is 5.73 Å². The zero-order valence-corrected chi connectivity index (χ0v) is 9.61. The van der Waals surface area contributed by atoms with Crippen LogP contribution in [0.3, 0.4) is 0 Å². The van der Waals surface area contributed by atoms with Gasteiger partial charge in [-0.15, -0.1) is 0 Å². The van der Waals surface area contributed by atoms with Gasteiger partial charge in [-0.25, -0.2) is 0 Å². The molecule has 0 aliphatic rings. The molecule has 86 valence electrons. The van der Waals surface area contributed by atoms with Gasteiger partial charge in [0, 0.05) is 18.7 Å². The van der Waals surface area contributed by atoms with Crippen molar-refractivity contribution in [2.45, 2.75) is 6.54 Å². The maximum Gasteiger partial charge on any atom is 0.0558 e. The first-order valence-corrected chi connectivity index (χ1v) is 5.33. The van der Waals surface area contributed by atoms with Crippen molar-refractivity contribution < 1.29 is 5.11 Å². The molecule has 3 heteroatoms. The molecule has 1 rings (SSSR count). The molecule has 0 heterocycles. The molecule has 0 aliphatic heterocycles. The minimum atomic E-state index is 0.184. The van der Waals surface area contributed by atoms with Crippen molar-refractivity contribution in [3.63, 3.8) is 0 Å². The number of hydrogen-bond acceptors (Lipinski definition) is 3. The number of likely N-dealkylation sites (N-methyl/N-ethyl adjacent to an activating group) is 1. The lowest BCUT2D eigenvalue weighted by molar-refractivity contribution is 0.217. The molecule has 0 amide bonds. The van der Waals surface area contributed by atoms with Crippen LogP contribution in [-0.4, -0.2) is 36.8 Å². The fourth-order valence-electron chi connectivity index (χ4n) is 1.46. The Bertz CT molecular complexity index is 379. The third-order valence-corrected chi connectivity index (χ3v) is 2.20. The molecule has 3 nitrogen and oxygen atoms in total. The predicted octanol–water partition coefficient (Wildman–Crippen LogP) is 0.421. The Hall–Kier alpha value is -1.34. The van der Waals surface area contributed by atoms with Crippen LogP contribution in [0.1, 0.15) is 11.1 Å². The van der Waals surface area contributed by atoms with Crippen LogP contribution in [0.5, 0.6) is 0 Å². The zero-order chi connectivity index (χ0) is 11.8. The average molecular weight is 218 g/mol. The van der Waals surface area contributed by atoms with Gasteiger partial charge in [-0.3, -0.25) is 4.90 Å². The van der Waals surface area contributed by atoms with Gasteiger partial charge in [0.2, 0.25) is 0 Å². The number of hydrogen-bond donors (Lipinski definition) is 2. The van der Waals surface area contributed by atoms with Gasteiger partial charge in [0.15, 0.2) is 0 Å². The van der Waals surface area contributed by atoms with E-state index < -0.39 is 0 Å². The van der Waals surface area contributed by atoms with Crippen molar-refractivity contribution in [3.8, 4) is 11.8 Å². The fraction of sp³-hybridized carbons (Fsp3) is 0.385. The van der Waals surface area contributed by atoms with E-state index in [0.29, 0.717) is 13.1 Å². The average Bonchev–Trinajstić information content (AvgIpc) is 2.27. The summed E-state index contributed by atoms with van der Waals surface area (Å²) >= 11 is 0. The molecule has 0 bridgehead atoms. The summed E-state index contributed by atoms with van der Waals surface area (Å²) in [6.45, 7) is 2.06. The molecular formula is C13H18N2O. The van der Waals surface area contributed by atoms with Crippen LogP contribution in [0.2, 0.25) is 0 Å². The van der Waals surface area contributed by atoms with Gasteiger partial charge >= 0.3 is 0 Å². The van der Waals surface area contributed by atoms with Crippen molar-refractivity contribution in [1.29, 1.82) is 0 Å². The van der Waals surface area contributed by atoms with Crippen molar-refractivity contribution in [3.05, 3.63) is 35.4 Å². The molecule has 0 unspecified atom stereocenters. The number of rotatable bonds is 4. The summed E-state index contributed by atoms with van der Waals surface area (Å²) in [7, 11) is 1.98. The maximum absolute atomic E-state index is 8.81. The molecule has 16 heavy (non-hydrogen) atoms. The second-order valence-electron chi connectivity index (χ2n) is 3.67. The van der Waals surface area contributed by atoms with E-state index in [1.54, 1.807) is 0 Å². The summed E-state index contributed by atoms with van der Waals surface area (Å²) in [5.41, 5.74) is 7.51. The smallest absolute Gasteiger partial charge is 0.0558 e. The molecule has 0 saturated heterocycles. The second-order valence-corrected chi connectivity index (χ2v) is 3.67. The Kier molecular flexibility index (Phi) is 5.58. The van der Waals surface area contributed by atoms with Crippen molar-refractivity contribution in [2.75, 3.05) is 26.7 Å². The SMILES string of the molecule is CN(CCO)Cc1cccc(C#CCN)c1. The second kappa shape index (κ2) is 7.02. The maximum atomic E-state index is 8.81. The van der Waals surface area contributed by atoms with Gasteiger partial charge in [0.25, 0.3) is 0 Å². The first-order chi connectivity index (χ1) is 7.76. The molecule has 0 radical (unpaired) electrons. The van der Waals surface area contributed by atoms with Crippen LogP contribution in [0, 0.1) is 11.8 Å². The standard InChI is InChI=1S/C13H18N2O/c1-15(8-9-16)11-13-5-2-4-12(10-13)6-3-7-14/h2,4-5,10,16H,7-9,11,14H2,1H3. The first kappa shape index (κ1) is 12.7. The van der Waals surface area contributed by atoms with Crippen LogP contribution in [0.15, 0.2) is 24.3 Å². The van der Waals surface area contributed by atoms with Crippen LogP contribution in [-0.2, 0) is 6.54 Å². The van der Waals surface area contributed by atoms with E-state index >= 15 is 0 Å². The third kappa shape index (κ3) is 4.45. The molecule has 0 fully saturated rings. The lowest BCUT2D eigenvalue weighted by Crippen LogP contribution is -2.21. The van der Waals surface area contributed by atoms with Gasteiger partial charge in [0.05, 0.1) is 13.2 Å². The molecule has 1 aromatic carbocycles. The summed E-state index contributed by atoms with van der Waals surface area (Å²) in [6, 6.07) is 8.07. The van der Waals surface area contributed by atoms with E-state index in [1.165, 1.54) is 5.56 Å². The summed E-state index contributed by atoms with van der Waals surface area (Å²) in [6.07, 6.45) is 0. The van der Waals surface area contributed by atoms with Gasteiger partial charge in [-0.2, -0.15) is 0 Å². The number of aliphatic hydroxyl groups excluding tert-OH is 1. The highest BCUT2D eigenvalue weighted by Crippen LogP contribution is 2.06. The molecule has 0 spiro atoms. The molecule has 1 aromatic rings. The van der Waals surface area contributed by atoms with Crippen molar-refractivity contribution in [2.24, 2.45) is 5.73 Å². The van der Waals surface area contributed by atoms with E-state index in [2.05, 4.69) is 28.9 Å².